The van der Waals surface area contributed by atoms with Crippen molar-refractivity contribution in [3.05, 3.63) is 47.2 Å². The Morgan fingerprint density at radius 1 is 1.35 bits per heavy atom. The Bertz CT molecular complexity index is 529. The molecule has 0 aliphatic heterocycles. The quantitative estimate of drug-likeness (QED) is 0.631. The molecule has 0 aliphatic rings. The van der Waals surface area contributed by atoms with Crippen molar-refractivity contribution in [2.24, 2.45) is 0 Å². The maximum absolute atomic E-state index is 12.7. The smallest absolute Gasteiger partial charge is 0.224 e. The zero-order chi connectivity index (χ0) is 14.2. The minimum absolute atomic E-state index is 0.0316. The number of aromatic nitrogens is 1. The van der Waals surface area contributed by atoms with Gasteiger partial charge in [-0.15, -0.1) is 11.3 Å². The third-order valence-corrected chi connectivity index (χ3v) is 4.61. The number of hydrogen-bond acceptors (Lipinski definition) is 4. The number of amides is 1. The summed E-state index contributed by atoms with van der Waals surface area (Å²) >= 11 is 3.32. The molecule has 1 heterocycles. The van der Waals surface area contributed by atoms with Crippen LogP contribution in [0.15, 0.2) is 40.2 Å². The summed E-state index contributed by atoms with van der Waals surface area (Å²) in [5, 5.41) is 4.81. The fraction of sp³-hybridized carbons (Fsp3) is 0.286. The third kappa shape index (κ3) is 5.30. The number of hydrogen-bond donors (Lipinski definition) is 1. The number of nitrogens with zero attached hydrogens (tertiary/aromatic N) is 1. The fourth-order valence-electron chi connectivity index (χ4n) is 1.59. The van der Waals surface area contributed by atoms with Crippen LogP contribution in [0.25, 0.3) is 0 Å². The first kappa shape index (κ1) is 15.0. The largest absolute Gasteiger partial charge is 0.356 e. The van der Waals surface area contributed by atoms with Crippen LogP contribution in [0.4, 0.5) is 4.39 Å². The standard InChI is InChI=1S/C14H15FN2OS2/c15-12-4-2-11(3-5-12)10-13(18)16-6-1-8-19-14-17-7-9-20-14/h2-5,7,9H,1,6,8,10H2,(H,16,18). The maximum Gasteiger partial charge on any atom is 0.224 e. The average Bonchev–Trinajstić information content (AvgIpc) is 2.94. The molecule has 0 spiro atoms. The van der Waals surface area contributed by atoms with E-state index in [1.807, 2.05) is 5.38 Å². The van der Waals surface area contributed by atoms with E-state index in [-0.39, 0.29) is 11.7 Å². The van der Waals surface area contributed by atoms with Gasteiger partial charge < -0.3 is 5.32 Å². The highest BCUT2D eigenvalue weighted by Crippen LogP contribution is 2.20. The van der Waals surface area contributed by atoms with Crippen molar-refractivity contribution < 1.29 is 9.18 Å². The van der Waals surface area contributed by atoms with Gasteiger partial charge in [-0.2, -0.15) is 0 Å². The Morgan fingerprint density at radius 3 is 2.85 bits per heavy atom. The summed E-state index contributed by atoms with van der Waals surface area (Å²) in [5.41, 5.74) is 0.820. The van der Waals surface area contributed by atoms with Crippen LogP contribution >= 0.6 is 23.1 Å². The molecule has 3 nitrogen and oxygen atoms in total. The molecule has 0 aliphatic carbocycles. The van der Waals surface area contributed by atoms with Gasteiger partial charge in [0.15, 0.2) is 0 Å². The Labute approximate surface area is 125 Å². The molecule has 0 bridgehead atoms. The molecule has 2 rings (SSSR count). The summed E-state index contributed by atoms with van der Waals surface area (Å²) in [7, 11) is 0. The van der Waals surface area contributed by atoms with Gasteiger partial charge in [0.05, 0.1) is 6.42 Å². The Balaban J connectivity index is 1.59. The number of thiazole rings is 1. The predicted molar refractivity (Wildman–Crippen MR) is 80.6 cm³/mol. The van der Waals surface area contributed by atoms with Gasteiger partial charge in [0, 0.05) is 23.9 Å². The van der Waals surface area contributed by atoms with E-state index in [1.165, 1.54) is 12.1 Å². The molecule has 0 radical (unpaired) electrons. The molecule has 1 amide bonds. The molecule has 20 heavy (non-hydrogen) atoms. The van der Waals surface area contributed by atoms with Crippen molar-refractivity contribution in [2.45, 2.75) is 17.2 Å². The zero-order valence-electron chi connectivity index (χ0n) is 10.8. The number of halogens is 1. The molecule has 2 aromatic rings. The van der Waals surface area contributed by atoms with E-state index in [1.54, 1.807) is 41.4 Å². The Hall–Kier alpha value is -1.40. The van der Waals surface area contributed by atoms with E-state index in [2.05, 4.69) is 10.3 Å². The maximum atomic E-state index is 12.7. The van der Waals surface area contributed by atoms with Gasteiger partial charge in [-0.25, -0.2) is 9.37 Å². The van der Waals surface area contributed by atoms with Crippen molar-refractivity contribution >= 4 is 29.0 Å². The SMILES string of the molecule is O=C(Cc1ccc(F)cc1)NCCCSc1nccs1. The lowest BCUT2D eigenvalue weighted by Crippen LogP contribution is -2.26. The molecular formula is C14H15FN2OS2. The van der Waals surface area contributed by atoms with E-state index >= 15 is 0 Å². The molecule has 0 fully saturated rings. The minimum atomic E-state index is -0.284. The van der Waals surface area contributed by atoms with Crippen molar-refractivity contribution in [1.29, 1.82) is 0 Å². The number of nitrogens with one attached hydrogen (secondary N) is 1. The summed E-state index contributed by atoms with van der Waals surface area (Å²) in [4.78, 5) is 15.8. The van der Waals surface area contributed by atoms with Gasteiger partial charge in [0.2, 0.25) is 5.91 Å². The number of carbonyl (C=O) groups is 1. The van der Waals surface area contributed by atoms with E-state index in [4.69, 9.17) is 0 Å². The zero-order valence-corrected chi connectivity index (χ0v) is 12.5. The second kappa shape index (κ2) is 8.01. The second-order valence-corrected chi connectivity index (χ2v) is 6.39. The fourth-order valence-corrected chi connectivity index (χ4v) is 3.24. The summed E-state index contributed by atoms with van der Waals surface area (Å²) in [6.07, 6.45) is 2.98. The normalized spacial score (nSPS) is 10.4. The predicted octanol–water partition coefficient (Wildman–Crippen LogP) is 3.12. The van der Waals surface area contributed by atoms with Gasteiger partial charge >= 0.3 is 0 Å². The van der Waals surface area contributed by atoms with Crippen LogP contribution < -0.4 is 5.32 Å². The highest BCUT2D eigenvalue weighted by Gasteiger charge is 2.03. The van der Waals surface area contributed by atoms with Crippen LogP contribution in [0.5, 0.6) is 0 Å². The topological polar surface area (TPSA) is 42.0 Å². The van der Waals surface area contributed by atoms with Crippen LogP contribution in [-0.4, -0.2) is 23.2 Å². The molecule has 0 saturated carbocycles. The van der Waals surface area contributed by atoms with Crippen LogP contribution in [-0.2, 0) is 11.2 Å². The van der Waals surface area contributed by atoms with Gasteiger partial charge in [0.1, 0.15) is 10.2 Å². The minimum Gasteiger partial charge on any atom is -0.356 e. The molecule has 0 saturated heterocycles. The van der Waals surface area contributed by atoms with Gasteiger partial charge in [-0.05, 0) is 24.1 Å². The van der Waals surface area contributed by atoms with Crippen LogP contribution in [0.2, 0.25) is 0 Å². The lowest BCUT2D eigenvalue weighted by atomic mass is 10.1. The first-order chi connectivity index (χ1) is 9.74. The van der Waals surface area contributed by atoms with Crippen molar-refractivity contribution in [1.82, 2.24) is 10.3 Å². The van der Waals surface area contributed by atoms with E-state index < -0.39 is 0 Å². The Morgan fingerprint density at radius 2 is 2.15 bits per heavy atom. The summed E-state index contributed by atoms with van der Waals surface area (Å²) in [5.74, 6) is 0.619. The van der Waals surface area contributed by atoms with Crippen molar-refractivity contribution in [3.8, 4) is 0 Å². The number of benzene rings is 1. The highest BCUT2D eigenvalue weighted by molar-refractivity contribution is 8.00. The van der Waals surface area contributed by atoms with Crippen LogP contribution in [0, 0.1) is 5.82 Å². The van der Waals surface area contributed by atoms with Crippen molar-refractivity contribution in [3.63, 3.8) is 0 Å². The van der Waals surface area contributed by atoms with E-state index in [9.17, 15) is 9.18 Å². The van der Waals surface area contributed by atoms with E-state index in [0.717, 1.165) is 22.1 Å². The van der Waals surface area contributed by atoms with Crippen molar-refractivity contribution in [2.75, 3.05) is 12.3 Å². The number of carbonyl (C=O) groups excluding carboxylic acids is 1. The lowest BCUT2D eigenvalue weighted by molar-refractivity contribution is -0.120. The molecular weight excluding hydrogens is 295 g/mol. The first-order valence-electron chi connectivity index (χ1n) is 6.27. The van der Waals surface area contributed by atoms with Crippen LogP contribution in [0.1, 0.15) is 12.0 Å². The van der Waals surface area contributed by atoms with Gasteiger partial charge in [0.25, 0.3) is 0 Å². The summed E-state index contributed by atoms with van der Waals surface area (Å²) in [6, 6.07) is 6.00. The average molecular weight is 310 g/mol. The molecule has 6 heteroatoms. The highest BCUT2D eigenvalue weighted by atomic mass is 32.2. The number of rotatable bonds is 7. The molecule has 0 atom stereocenters. The molecule has 0 unspecified atom stereocenters. The van der Waals surface area contributed by atoms with Gasteiger partial charge in [-0.3, -0.25) is 4.79 Å². The molecule has 1 aromatic heterocycles. The lowest BCUT2D eigenvalue weighted by Gasteiger charge is -2.05. The molecule has 1 N–H and O–H groups in total. The summed E-state index contributed by atoms with van der Waals surface area (Å²) in [6.45, 7) is 0.651. The second-order valence-electron chi connectivity index (χ2n) is 4.15. The first-order valence-corrected chi connectivity index (χ1v) is 8.14. The molecule has 1 aromatic carbocycles. The van der Waals surface area contributed by atoms with Gasteiger partial charge in [-0.1, -0.05) is 23.9 Å². The van der Waals surface area contributed by atoms with Crippen LogP contribution in [0.3, 0.4) is 0 Å². The number of thioether (sulfide) groups is 1. The monoisotopic (exact) mass is 310 g/mol. The molecule has 106 valence electrons. The summed E-state index contributed by atoms with van der Waals surface area (Å²) < 4.78 is 13.8. The third-order valence-electron chi connectivity index (χ3n) is 2.56. The van der Waals surface area contributed by atoms with E-state index in [0.29, 0.717) is 13.0 Å². The Kier molecular flexibility index (Phi) is 6.01.